The Bertz CT molecular complexity index is 517. The number of anilines is 1. The summed E-state index contributed by atoms with van der Waals surface area (Å²) in [4.78, 5) is 25.2. The van der Waals surface area contributed by atoms with E-state index >= 15 is 0 Å². The summed E-state index contributed by atoms with van der Waals surface area (Å²) in [5.41, 5.74) is 0.712. The van der Waals surface area contributed by atoms with Crippen LogP contribution >= 0.6 is 0 Å². The molecule has 1 aliphatic heterocycles. The fraction of sp³-hybridized carbons (Fsp3) is 0.529. The van der Waals surface area contributed by atoms with E-state index in [0.29, 0.717) is 11.4 Å². The highest BCUT2D eigenvalue weighted by Gasteiger charge is 2.28. The Morgan fingerprint density at radius 3 is 2.32 bits per heavy atom. The maximum absolute atomic E-state index is 12.3. The zero-order valence-electron chi connectivity index (χ0n) is 13.5. The van der Waals surface area contributed by atoms with Crippen LogP contribution in [0.3, 0.4) is 0 Å². The van der Waals surface area contributed by atoms with E-state index in [1.807, 2.05) is 4.90 Å². The standard InChI is InChI=1S/C17H24N2O3/c1-12-5-4-6-13(2)19(12)17(21)11-22-16-9-7-15(8-10-16)18-14(3)20/h7-10,12-13H,4-6,11H2,1-3H3,(H,18,20). The fourth-order valence-corrected chi connectivity index (χ4v) is 2.97. The van der Waals surface area contributed by atoms with Crippen LogP contribution in [0.5, 0.6) is 5.75 Å². The van der Waals surface area contributed by atoms with E-state index < -0.39 is 0 Å². The monoisotopic (exact) mass is 304 g/mol. The lowest BCUT2D eigenvalue weighted by Gasteiger charge is -2.38. The maximum Gasteiger partial charge on any atom is 0.260 e. The molecule has 2 atom stereocenters. The second-order valence-corrected chi connectivity index (χ2v) is 5.92. The molecule has 0 aromatic heterocycles. The summed E-state index contributed by atoms with van der Waals surface area (Å²) >= 11 is 0. The highest BCUT2D eigenvalue weighted by molar-refractivity contribution is 5.88. The van der Waals surface area contributed by atoms with Crippen LogP contribution in [0.1, 0.15) is 40.0 Å². The molecule has 1 fully saturated rings. The summed E-state index contributed by atoms with van der Waals surface area (Å²) in [5, 5.41) is 2.69. The normalized spacial score (nSPS) is 21.3. The number of ether oxygens (including phenoxy) is 1. The van der Waals surface area contributed by atoms with Gasteiger partial charge in [-0.1, -0.05) is 0 Å². The summed E-state index contributed by atoms with van der Waals surface area (Å²) in [7, 11) is 0. The van der Waals surface area contributed by atoms with Gasteiger partial charge < -0.3 is 15.0 Å². The van der Waals surface area contributed by atoms with Crippen LogP contribution < -0.4 is 10.1 Å². The molecule has 1 saturated heterocycles. The van der Waals surface area contributed by atoms with Crippen LogP contribution in [0.25, 0.3) is 0 Å². The first-order chi connectivity index (χ1) is 10.5. The van der Waals surface area contributed by atoms with Crippen LogP contribution in [-0.2, 0) is 9.59 Å². The van der Waals surface area contributed by atoms with Crippen LogP contribution in [-0.4, -0.2) is 35.4 Å². The van der Waals surface area contributed by atoms with E-state index in [0.717, 1.165) is 12.8 Å². The molecule has 2 unspecified atom stereocenters. The van der Waals surface area contributed by atoms with Gasteiger partial charge in [0.2, 0.25) is 5.91 Å². The quantitative estimate of drug-likeness (QED) is 0.930. The van der Waals surface area contributed by atoms with E-state index in [1.165, 1.54) is 13.3 Å². The molecule has 0 saturated carbocycles. The predicted octanol–water partition coefficient (Wildman–Crippen LogP) is 2.81. The van der Waals surface area contributed by atoms with Crippen LogP contribution in [0.2, 0.25) is 0 Å². The highest BCUT2D eigenvalue weighted by Crippen LogP contribution is 2.23. The minimum atomic E-state index is -0.114. The minimum absolute atomic E-state index is 0.0330. The number of benzene rings is 1. The first-order valence-electron chi connectivity index (χ1n) is 7.79. The first kappa shape index (κ1) is 16.3. The topological polar surface area (TPSA) is 58.6 Å². The Labute approximate surface area is 131 Å². The Balaban J connectivity index is 1.89. The smallest absolute Gasteiger partial charge is 0.260 e. The van der Waals surface area contributed by atoms with Crippen molar-refractivity contribution in [1.29, 1.82) is 0 Å². The van der Waals surface area contributed by atoms with Crippen molar-refractivity contribution in [2.75, 3.05) is 11.9 Å². The zero-order chi connectivity index (χ0) is 16.1. The second-order valence-electron chi connectivity index (χ2n) is 5.92. The lowest BCUT2D eigenvalue weighted by atomic mass is 9.97. The van der Waals surface area contributed by atoms with Gasteiger partial charge >= 0.3 is 0 Å². The van der Waals surface area contributed by atoms with Crippen molar-refractivity contribution in [3.63, 3.8) is 0 Å². The lowest BCUT2D eigenvalue weighted by molar-refractivity contribution is -0.139. The molecule has 1 aliphatic rings. The third-order valence-electron chi connectivity index (χ3n) is 4.02. The van der Waals surface area contributed by atoms with Crippen molar-refractivity contribution < 1.29 is 14.3 Å². The third kappa shape index (κ3) is 4.23. The molecule has 1 heterocycles. The number of piperidine rings is 1. The van der Waals surface area contributed by atoms with E-state index in [2.05, 4.69) is 19.2 Å². The number of rotatable bonds is 4. The zero-order valence-corrected chi connectivity index (χ0v) is 13.5. The number of amides is 2. The van der Waals surface area contributed by atoms with Gasteiger partial charge in [-0.15, -0.1) is 0 Å². The van der Waals surface area contributed by atoms with Crippen molar-refractivity contribution in [3.05, 3.63) is 24.3 Å². The van der Waals surface area contributed by atoms with Crippen LogP contribution in [0, 0.1) is 0 Å². The van der Waals surface area contributed by atoms with Gasteiger partial charge in [-0.25, -0.2) is 0 Å². The van der Waals surface area contributed by atoms with E-state index in [1.54, 1.807) is 24.3 Å². The summed E-state index contributed by atoms with van der Waals surface area (Å²) in [6.45, 7) is 5.70. The van der Waals surface area contributed by atoms with Crippen LogP contribution in [0.15, 0.2) is 24.3 Å². The molecule has 1 aromatic carbocycles. The Hall–Kier alpha value is -2.04. The third-order valence-corrected chi connectivity index (χ3v) is 4.02. The SMILES string of the molecule is CC(=O)Nc1ccc(OCC(=O)N2C(C)CCCC2C)cc1. The van der Waals surface area contributed by atoms with Gasteiger partial charge in [-0.05, 0) is 57.4 Å². The van der Waals surface area contributed by atoms with Gasteiger partial charge in [0.15, 0.2) is 6.61 Å². The molecule has 2 amide bonds. The molecule has 120 valence electrons. The first-order valence-corrected chi connectivity index (χ1v) is 7.79. The summed E-state index contributed by atoms with van der Waals surface area (Å²) in [5.74, 6) is 0.544. The molecule has 0 spiro atoms. The van der Waals surface area contributed by atoms with E-state index in [9.17, 15) is 9.59 Å². The molecule has 22 heavy (non-hydrogen) atoms. The molecule has 5 nitrogen and oxygen atoms in total. The summed E-state index contributed by atoms with van der Waals surface area (Å²) in [6.07, 6.45) is 3.29. The van der Waals surface area contributed by atoms with Crippen molar-refractivity contribution in [2.45, 2.75) is 52.1 Å². The Morgan fingerprint density at radius 1 is 1.18 bits per heavy atom. The van der Waals surface area contributed by atoms with Crippen LogP contribution in [0.4, 0.5) is 5.69 Å². The second kappa shape index (κ2) is 7.29. The number of nitrogens with one attached hydrogen (secondary N) is 1. The van der Waals surface area contributed by atoms with Crippen molar-refractivity contribution >= 4 is 17.5 Å². The molecule has 1 N–H and O–H groups in total. The maximum atomic E-state index is 12.3. The Kier molecular flexibility index (Phi) is 5.41. The number of carbonyl (C=O) groups is 2. The predicted molar refractivity (Wildman–Crippen MR) is 85.9 cm³/mol. The molecule has 2 rings (SSSR count). The number of hydrogen-bond donors (Lipinski definition) is 1. The van der Waals surface area contributed by atoms with E-state index in [-0.39, 0.29) is 30.5 Å². The van der Waals surface area contributed by atoms with Gasteiger partial charge in [0.1, 0.15) is 5.75 Å². The molecule has 0 aliphatic carbocycles. The molecular weight excluding hydrogens is 280 g/mol. The number of carbonyl (C=O) groups excluding carboxylic acids is 2. The van der Waals surface area contributed by atoms with Gasteiger partial charge in [-0.2, -0.15) is 0 Å². The van der Waals surface area contributed by atoms with Crippen molar-refractivity contribution in [2.24, 2.45) is 0 Å². The van der Waals surface area contributed by atoms with Gasteiger partial charge in [0.25, 0.3) is 5.91 Å². The molecular formula is C17H24N2O3. The van der Waals surface area contributed by atoms with Gasteiger partial charge in [0.05, 0.1) is 0 Å². The molecule has 0 bridgehead atoms. The van der Waals surface area contributed by atoms with Crippen molar-refractivity contribution in [1.82, 2.24) is 4.90 Å². The van der Waals surface area contributed by atoms with Crippen molar-refractivity contribution in [3.8, 4) is 5.75 Å². The number of likely N-dealkylation sites (tertiary alicyclic amines) is 1. The van der Waals surface area contributed by atoms with Gasteiger partial charge in [-0.3, -0.25) is 9.59 Å². The average molecular weight is 304 g/mol. The largest absolute Gasteiger partial charge is 0.484 e. The Morgan fingerprint density at radius 2 is 1.77 bits per heavy atom. The van der Waals surface area contributed by atoms with E-state index in [4.69, 9.17) is 4.74 Å². The summed E-state index contributed by atoms with van der Waals surface area (Å²) < 4.78 is 5.57. The average Bonchev–Trinajstić information content (AvgIpc) is 2.46. The highest BCUT2D eigenvalue weighted by atomic mass is 16.5. The summed E-state index contributed by atoms with van der Waals surface area (Å²) in [6, 6.07) is 7.58. The van der Waals surface area contributed by atoms with Gasteiger partial charge in [0, 0.05) is 24.7 Å². The number of nitrogens with zero attached hydrogens (tertiary/aromatic N) is 1. The minimum Gasteiger partial charge on any atom is -0.484 e. The lowest BCUT2D eigenvalue weighted by Crippen LogP contribution is -2.49. The molecule has 5 heteroatoms. The fourth-order valence-electron chi connectivity index (χ4n) is 2.97. The molecule has 1 aromatic rings. The number of hydrogen-bond acceptors (Lipinski definition) is 3. The molecule has 0 radical (unpaired) electrons.